The molecule has 0 spiro atoms. The topological polar surface area (TPSA) is 32.5 Å². The first-order valence-electron chi connectivity index (χ1n) is 6.57. The maximum absolute atomic E-state index is 5.95. The third kappa shape index (κ3) is 3.45. The number of hydrogen-bond donors (Lipinski definition) is 1. The molecule has 2 rings (SSSR count). The minimum atomic E-state index is 0.930. The molecule has 3 nitrogen and oxygen atoms in total. The van der Waals surface area contributed by atoms with E-state index >= 15 is 0 Å². The highest BCUT2D eigenvalue weighted by Crippen LogP contribution is 2.12. The summed E-state index contributed by atoms with van der Waals surface area (Å²) >= 11 is 0. The van der Waals surface area contributed by atoms with Crippen molar-refractivity contribution in [1.29, 1.82) is 0 Å². The molecule has 1 fully saturated rings. The van der Waals surface area contributed by atoms with E-state index in [1.54, 1.807) is 0 Å². The fraction of sp³-hybridized carbons (Fsp3) is 0.571. The lowest BCUT2D eigenvalue weighted by Gasteiger charge is -2.34. The van der Waals surface area contributed by atoms with Gasteiger partial charge < -0.3 is 15.5 Å². The van der Waals surface area contributed by atoms with Gasteiger partial charge in [0.15, 0.2) is 0 Å². The Balaban J connectivity index is 1.78. The van der Waals surface area contributed by atoms with E-state index in [0.717, 1.165) is 18.7 Å². The summed E-state index contributed by atoms with van der Waals surface area (Å²) in [4.78, 5) is 5.05. The molecule has 17 heavy (non-hydrogen) atoms. The predicted octanol–water partition coefficient (Wildman–Crippen LogP) is 1.45. The third-order valence-electron chi connectivity index (χ3n) is 3.66. The Kier molecular flexibility index (Phi) is 4.40. The quantitative estimate of drug-likeness (QED) is 0.799. The van der Waals surface area contributed by atoms with Gasteiger partial charge in [0.25, 0.3) is 0 Å². The van der Waals surface area contributed by atoms with Gasteiger partial charge in [0.1, 0.15) is 0 Å². The highest BCUT2D eigenvalue weighted by atomic mass is 15.3. The molecule has 1 heterocycles. The molecule has 0 atom stereocenters. The van der Waals surface area contributed by atoms with E-state index in [4.69, 9.17) is 5.73 Å². The molecular weight excluding hydrogens is 210 g/mol. The van der Waals surface area contributed by atoms with Crippen LogP contribution in [0.4, 0.5) is 5.69 Å². The molecule has 0 saturated carbocycles. The first-order chi connectivity index (χ1) is 8.29. The van der Waals surface area contributed by atoms with Gasteiger partial charge >= 0.3 is 0 Å². The molecule has 0 bridgehead atoms. The Morgan fingerprint density at radius 2 is 1.71 bits per heavy atom. The van der Waals surface area contributed by atoms with Gasteiger partial charge in [-0.05, 0) is 24.6 Å². The van der Waals surface area contributed by atoms with Crippen molar-refractivity contribution < 1.29 is 0 Å². The van der Waals surface area contributed by atoms with Crippen LogP contribution >= 0.6 is 0 Å². The highest BCUT2D eigenvalue weighted by Gasteiger charge is 2.14. The Labute approximate surface area is 104 Å². The molecule has 0 unspecified atom stereocenters. The zero-order valence-electron chi connectivity index (χ0n) is 10.7. The van der Waals surface area contributed by atoms with Crippen LogP contribution in [0.15, 0.2) is 24.3 Å². The van der Waals surface area contributed by atoms with Gasteiger partial charge in [-0.2, -0.15) is 0 Å². The minimum absolute atomic E-state index is 0.930. The summed E-state index contributed by atoms with van der Waals surface area (Å²) in [5.74, 6) is 0. The highest BCUT2D eigenvalue weighted by molar-refractivity contribution is 5.46. The van der Waals surface area contributed by atoms with Gasteiger partial charge in [-0.25, -0.2) is 0 Å². The van der Waals surface area contributed by atoms with Crippen molar-refractivity contribution >= 4 is 5.69 Å². The van der Waals surface area contributed by atoms with Gasteiger partial charge in [0, 0.05) is 38.4 Å². The van der Waals surface area contributed by atoms with Gasteiger partial charge in [0.05, 0.1) is 0 Å². The summed E-state index contributed by atoms with van der Waals surface area (Å²) in [5.41, 5.74) is 8.17. The van der Waals surface area contributed by atoms with E-state index in [0.29, 0.717) is 0 Å². The van der Waals surface area contributed by atoms with Gasteiger partial charge in [-0.15, -0.1) is 0 Å². The van der Waals surface area contributed by atoms with Crippen LogP contribution in [0.3, 0.4) is 0 Å². The number of rotatable bonds is 4. The smallest absolute Gasteiger partial charge is 0.0347 e. The van der Waals surface area contributed by atoms with Crippen LogP contribution in [0.1, 0.15) is 12.5 Å². The Bertz CT molecular complexity index is 343. The number of nitrogens with zero attached hydrogens (tertiary/aromatic N) is 2. The maximum atomic E-state index is 5.95. The average molecular weight is 233 g/mol. The van der Waals surface area contributed by atoms with Crippen LogP contribution in [-0.4, -0.2) is 49.1 Å². The summed E-state index contributed by atoms with van der Waals surface area (Å²) in [5, 5.41) is 0. The largest absolute Gasteiger partial charge is 0.399 e. The van der Waals surface area contributed by atoms with E-state index in [-0.39, 0.29) is 0 Å². The van der Waals surface area contributed by atoms with Crippen molar-refractivity contribution in [3.8, 4) is 0 Å². The summed E-state index contributed by atoms with van der Waals surface area (Å²) in [6, 6.07) is 8.20. The number of piperazine rings is 1. The molecule has 1 aromatic rings. The number of hydrogen-bond acceptors (Lipinski definition) is 3. The zero-order valence-corrected chi connectivity index (χ0v) is 10.7. The Morgan fingerprint density at radius 1 is 1.06 bits per heavy atom. The molecule has 1 saturated heterocycles. The van der Waals surface area contributed by atoms with Crippen molar-refractivity contribution in [3.05, 3.63) is 29.8 Å². The van der Waals surface area contributed by atoms with Crippen LogP contribution in [0.5, 0.6) is 0 Å². The fourth-order valence-corrected chi connectivity index (χ4v) is 2.37. The number of benzene rings is 1. The summed E-state index contributed by atoms with van der Waals surface area (Å²) in [6.07, 6.45) is 1.07. The monoisotopic (exact) mass is 233 g/mol. The lowest BCUT2D eigenvalue weighted by molar-refractivity contribution is 0.138. The second-order valence-corrected chi connectivity index (χ2v) is 4.72. The van der Waals surface area contributed by atoms with E-state index in [1.165, 1.54) is 38.3 Å². The second-order valence-electron chi connectivity index (χ2n) is 4.72. The lowest BCUT2D eigenvalue weighted by Crippen LogP contribution is -2.46. The van der Waals surface area contributed by atoms with Crippen molar-refractivity contribution in [2.75, 3.05) is 45.0 Å². The van der Waals surface area contributed by atoms with Crippen molar-refractivity contribution in [2.24, 2.45) is 0 Å². The Morgan fingerprint density at radius 3 is 2.35 bits per heavy atom. The van der Waals surface area contributed by atoms with Crippen LogP contribution in [0.25, 0.3) is 0 Å². The van der Waals surface area contributed by atoms with E-state index in [9.17, 15) is 0 Å². The van der Waals surface area contributed by atoms with E-state index in [2.05, 4.69) is 28.9 Å². The Hall–Kier alpha value is -1.06. The number of nitrogen functional groups attached to an aromatic ring is 1. The molecule has 94 valence electrons. The van der Waals surface area contributed by atoms with Crippen LogP contribution in [-0.2, 0) is 6.42 Å². The standard InChI is InChI=1S/C14H23N3/c1-2-16-9-11-17(12-10-16)8-7-13-5-3-4-6-14(13)15/h3-6H,2,7-12,15H2,1H3. The first-order valence-corrected chi connectivity index (χ1v) is 6.57. The summed E-state index contributed by atoms with van der Waals surface area (Å²) in [7, 11) is 0. The van der Waals surface area contributed by atoms with Crippen LogP contribution in [0, 0.1) is 0 Å². The first kappa shape index (κ1) is 12.4. The zero-order chi connectivity index (χ0) is 12.1. The maximum Gasteiger partial charge on any atom is 0.0347 e. The molecule has 2 N–H and O–H groups in total. The van der Waals surface area contributed by atoms with E-state index < -0.39 is 0 Å². The van der Waals surface area contributed by atoms with Crippen LogP contribution < -0.4 is 5.73 Å². The van der Waals surface area contributed by atoms with Gasteiger partial charge in [-0.1, -0.05) is 25.1 Å². The minimum Gasteiger partial charge on any atom is -0.399 e. The summed E-state index contributed by atoms with van der Waals surface area (Å²) < 4.78 is 0. The average Bonchev–Trinajstić information content (AvgIpc) is 2.38. The summed E-state index contributed by atoms with van der Waals surface area (Å²) in [6.45, 7) is 9.36. The fourth-order valence-electron chi connectivity index (χ4n) is 2.37. The molecule has 0 aromatic heterocycles. The number of likely N-dealkylation sites (N-methyl/N-ethyl adjacent to an activating group) is 1. The molecule has 0 aliphatic carbocycles. The predicted molar refractivity (Wildman–Crippen MR) is 73.1 cm³/mol. The van der Waals surface area contributed by atoms with Crippen molar-refractivity contribution in [1.82, 2.24) is 9.80 Å². The molecule has 1 aliphatic rings. The number of para-hydroxylation sites is 1. The number of nitrogens with two attached hydrogens (primary N) is 1. The van der Waals surface area contributed by atoms with E-state index in [1.807, 2.05) is 12.1 Å². The van der Waals surface area contributed by atoms with Gasteiger partial charge in [0.2, 0.25) is 0 Å². The normalized spacial score (nSPS) is 18.4. The SMILES string of the molecule is CCN1CCN(CCc2ccccc2N)CC1. The lowest BCUT2D eigenvalue weighted by atomic mass is 10.1. The van der Waals surface area contributed by atoms with Crippen molar-refractivity contribution in [2.45, 2.75) is 13.3 Å². The third-order valence-corrected chi connectivity index (χ3v) is 3.66. The molecule has 1 aliphatic heterocycles. The van der Waals surface area contributed by atoms with Gasteiger partial charge in [-0.3, -0.25) is 0 Å². The number of anilines is 1. The van der Waals surface area contributed by atoms with Crippen molar-refractivity contribution in [3.63, 3.8) is 0 Å². The van der Waals surface area contributed by atoms with Crippen LogP contribution in [0.2, 0.25) is 0 Å². The molecular formula is C14H23N3. The molecule has 0 radical (unpaired) electrons. The molecule has 0 amide bonds. The molecule has 1 aromatic carbocycles. The second kappa shape index (κ2) is 6.03. The molecule has 3 heteroatoms.